The van der Waals surface area contributed by atoms with Gasteiger partial charge in [-0.2, -0.15) is 10.2 Å². The second kappa shape index (κ2) is 7.40. The molecule has 3 aromatic rings. The van der Waals surface area contributed by atoms with Crippen LogP contribution in [0.15, 0.2) is 42.7 Å². The van der Waals surface area contributed by atoms with E-state index < -0.39 is 0 Å². The molecule has 0 saturated carbocycles. The number of rotatable bonds is 7. The van der Waals surface area contributed by atoms with E-state index in [0.29, 0.717) is 12.5 Å². The van der Waals surface area contributed by atoms with Crippen LogP contribution < -0.4 is 0 Å². The van der Waals surface area contributed by atoms with E-state index in [9.17, 15) is 5.11 Å². The van der Waals surface area contributed by atoms with Crippen LogP contribution in [0.2, 0.25) is 0 Å². The smallest absolute Gasteiger partial charge is 0.158 e. The Morgan fingerprint density at radius 1 is 1.21 bits per heavy atom. The van der Waals surface area contributed by atoms with Crippen LogP contribution in [0.4, 0.5) is 0 Å². The summed E-state index contributed by atoms with van der Waals surface area (Å²) in [4.78, 5) is 4.70. The van der Waals surface area contributed by atoms with Crippen LogP contribution in [-0.2, 0) is 13.0 Å². The minimum absolute atomic E-state index is 0.0461. The number of benzene rings is 1. The third-order valence-corrected chi connectivity index (χ3v) is 4.15. The number of aliphatic hydroxyl groups excluding tert-OH is 1. The third kappa shape index (κ3) is 3.54. The Kier molecular flexibility index (Phi) is 5.05. The van der Waals surface area contributed by atoms with Gasteiger partial charge in [0.05, 0.1) is 18.8 Å². The molecule has 0 saturated heterocycles. The van der Waals surface area contributed by atoms with Crippen LogP contribution in [0.5, 0.6) is 0 Å². The van der Waals surface area contributed by atoms with Crippen molar-refractivity contribution in [1.29, 1.82) is 0 Å². The standard InChI is InChI=1S/C18H23N5O/c1-3-14(2)13-17-20-18(23(21-17)11-12-24)15-5-7-16(8-6-15)22-10-4-9-19-22/h4-10,14,24H,3,11-13H2,1-2H3/t14-/m0/s1. The zero-order valence-corrected chi connectivity index (χ0v) is 14.1. The first-order chi connectivity index (χ1) is 11.7. The maximum atomic E-state index is 9.30. The zero-order valence-electron chi connectivity index (χ0n) is 14.1. The molecule has 6 nitrogen and oxygen atoms in total. The van der Waals surface area contributed by atoms with Gasteiger partial charge in [-0.05, 0) is 36.2 Å². The van der Waals surface area contributed by atoms with Gasteiger partial charge >= 0.3 is 0 Å². The molecule has 1 N–H and O–H groups in total. The van der Waals surface area contributed by atoms with Crippen LogP contribution >= 0.6 is 0 Å². The topological polar surface area (TPSA) is 68.8 Å². The fraction of sp³-hybridized carbons (Fsp3) is 0.389. The van der Waals surface area contributed by atoms with E-state index in [1.807, 2.05) is 41.2 Å². The quantitative estimate of drug-likeness (QED) is 0.725. The lowest BCUT2D eigenvalue weighted by Gasteiger charge is -2.05. The molecule has 0 aliphatic rings. The van der Waals surface area contributed by atoms with Crippen molar-refractivity contribution in [1.82, 2.24) is 24.5 Å². The number of aromatic nitrogens is 5. The van der Waals surface area contributed by atoms with E-state index >= 15 is 0 Å². The average molecular weight is 325 g/mol. The lowest BCUT2D eigenvalue weighted by molar-refractivity contribution is 0.269. The number of aliphatic hydroxyl groups is 1. The Bertz CT molecular complexity index is 761. The Hall–Kier alpha value is -2.47. The molecule has 0 bridgehead atoms. The monoisotopic (exact) mass is 325 g/mol. The van der Waals surface area contributed by atoms with Gasteiger partial charge in [0.15, 0.2) is 11.6 Å². The molecule has 0 aliphatic heterocycles. The maximum absolute atomic E-state index is 9.30. The van der Waals surface area contributed by atoms with Crippen molar-refractivity contribution in [2.24, 2.45) is 5.92 Å². The van der Waals surface area contributed by atoms with E-state index in [1.165, 1.54) is 0 Å². The first-order valence-electron chi connectivity index (χ1n) is 8.36. The van der Waals surface area contributed by atoms with Crippen molar-refractivity contribution < 1.29 is 5.11 Å². The lowest BCUT2D eigenvalue weighted by atomic mass is 10.1. The molecule has 1 atom stereocenters. The van der Waals surface area contributed by atoms with E-state index in [1.54, 1.807) is 10.9 Å². The van der Waals surface area contributed by atoms with Gasteiger partial charge in [0.25, 0.3) is 0 Å². The van der Waals surface area contributed by atoms with Crippen molar-refractivity contribution in [3.63, 3.8) is 0 Å². The molecule has 2 aromatic heterocycles. The van der Waals surface area contributed by atoms with Crippen molar-refractivity contribution in [2.45, 2.75) is 33.2 Å². The van der Waals surface area contributed by atoms with E-state index in [-0.39, 0.29) is 6.61 Å². The summed E-state index contributed by atoms with van der Waals surface area (Å²) in [5.74, 6) is 2.18. The molecule has 126 valence electrons. The molecule has 0 spiro atoms. The molecule has 3 rings (SSSR count). The molecule has 0 amide bonds. The summed E-state index contributed by atoms with van der Waals surface area (Å²) in [5, 5.41) is 18.1. The predicted octanol–water partition coefficient (Wildman–Crippen LogP) is 2.71. The van der Waals surface area contributed by atoms with Crippen LogP contribution in [0.3, 0.4) is 0 Å². The van der Waals surface area contributed by atoms with Gasteiger partial charge in [-0.1, -0.05) is 20.3 Å². The fourth-order valence-electron chi connectivity index (χ4n) is 2.58. The molecule has 24 heavy (non-hydrogen) atoms. The number of nitrogens with zero attached hydrogens (tertiary/aromatic N) is 5. The zero-order chi connectivity index (χ0) is 16.9. The summed E-state index contributed by atoms with van der Waals surface area (Å²) < 4.78 is 3.61. The van der Waals surface area contributed by atoms with E-state index in [4.69, 9.17) is 4.98 Å². The van der Waals surface area contributed by atoms with Gasteiger partial charge in [0, 0.05) is 24.4 Å². The third-order valence-electron chi connectivity index (χ3n) is 4.15. The van der Waals surface area contributed by atoms with E-state index in [0.717, 1.165) is 35.7 Å². The molecule has 0 fully saturated rings. The Balaban J connectivity index is 1.89. The highest BCUT2D eigenvalue weighted by Gasteiger charge is 2.13. The van der Waals surface area contributed by atoms with Crippen molar-refractivity contribution >= 4 is 0 Å². The van der Waals surface area contributed by atoms with Crippen LogP contribution in [0.1, 0.15) is 26.1 Å². The molecule has 6 heteroatoms. The van der Waals surface area contributed by atoms with Crippen LogP contribution in [0.25, 0.3) is 17.1 Å². The number of hydrogen-bond donors (Lipinski definition) is 1. The molecule has 0 aliphatic carbocycles. The summed E-state index contributed by atoms with van der Waals surface area (Å²) in [6.45, 7) is 4.86. The van der Waals surface area contributed by atoms with Crippen LogP contribution in [-0.4, -0.2) is 36.3 Å². The largest absolute Gasteiger partial charge is 0.394 e. The normalized spacial score (nSPS) is 12.5. The number of hydrogen-bond acceptors (Lipinski definition) is 4. The van der Waals surface area contributed by atoms with Crippen molar-refractivity contribution in [2.75, 3.05) is 6.61 Å². The van der Waals surface area contributed by atoms with Gasteiger partial charge in [0.1, 0.15) is 0 Å². The highest BCUT2D eigenvalue weighted by Crippen LogP contribution is 2.21. The van der Waals surface area contributed by atoms with Gasteiger partial charge in [0.2, 0.25) is 0 Å². The van der Waals surface area contributed by atoms with Gasteiger partial charge in [-0.15, -0.1) is 0 Å². The van der Waals surface area contributed by atoms with Gasteiger partial charge in [-0.3, -0.25) is 0 Å². The molecule has 2 heterocycles. The fourth-order valence-corrected chi connectivity index (χ4v) is 2.58. The molecular formula is C18H23N5O. The Morgan fingerprint density at radius 2 is 2.00 bits per heavy atom. The summed E-state index contributed by atoms with van der Waals surface area (Å²) in [5.41, 5.74) is 1.99. The SMILES string of the molecule is CC[C@H](C)Cc1nc(-c2ccc(-n3cccn3)cc2)n(CCO)n1. The highest BCUT2D eigenvalue weighted by atomic mass is 16.3. The molecular weight excluding hydrogens is 302 g/mol. The minimum Gasteiger partial charge on any atom is -0.394 e. The summed E-state index contributed by atoms with van der Waals surface area (Å²) in [7, 11) is 0. The van der Waals surface area contributed by atoms with E-state index in [2.05, 4.69) is 24.0 Å². The summed E-state index contributed by atoms with van der Waals surface area (Å²) >= 11 is 0. The maximum Gasteiger partial charge on any atom is 0.158 e. The van der Waals surface area contributed by atoms with Gasteiger partial charge < -0.3 is 5.11 Å². The minimum atomic E-state index is 0.0461. The highest BCUT2D eigenvalue weighted by molar-refractivity contribution is 5.57. The predicted molar refractivity (Wildman–Crippen MR) is 92.8 cm³/mol. The Morgan fingerprint density at radius 3 is 2.62 bits per heavy atom. The second-order valence-electron chi connectivity index (χ2n) is 6.01. The summed E-state index contributed by atoms with van der Waals surface area (Å²) in [6, 6.07) is 9.94. The van der Waals surface area contributed by atoms with Crippen LogP contribution in [0, 0.1) is 5.92 Å². The summed E-state index contributed by atoms with van der Waals surface area (Å²) in [6.07, 6.45) is 5.62. The second-order valence-corrected chi connectivity index (χ2v) is 6.01. The molecule has 0 unspecified atom stereocenters. The van der Waals surface area contributed by atoms with Gasteiger partial charge in [-0.25, -0.2) is 14.3 Å². The first kappa shape index (κ1) is 16.4. The molecule has 0 radical (unpaired) electrons. The molecule has 1 aromatic carbocycles. The average Bonchev–Trinajstić information content (AvgIpc) is 3.25. The van der Waals surface area contributed by atoms with Crippen molar-refractivity contribution in [3.05, 3.63) is 48.5 Å². The van der Waals surface area contributed by atoms with Crippen molar-refractivity contribution in [3.8, 4) is 17.1 Å². The Labute approximate surface area is 141 Å². The first-order valence-corrected chi connectivity index (χ1v) is 8.36. The lowest BCUT2D eigenvalue weighted by Crippen LogP contribution is -2.07.